The van der Waals surface area contributed by atoms with E-state index >= 15 is 0 Å². The number of hydrogen-bond acceptors (Lipinski definition) is 4. The van der Waals surface area contributed by atoms with Crippen LogP contribution in [0, 0.1) is 0 Å². The lowest BCUT2D eigenvalue weighted by atomic mass is 9.86. The zero-order valence-corrected chi connectivity index (χ0v) is 17.6. The second-order valence-electron chi connectivity index (χ2n) is 8.57. The molecule has 0 saturated carbocycles. The van der Waals surface area contributed by atoms with E-state index in [0.29, 0.717) is 0 Å². The standard InChI is InChI=1S/C25H31N3O2/c29-25-22-11-4-3-10-21(22)24(26-13-6-14-27-15-17-30-18-16-27)28(25)23-12-5-8-19-7-1-2-9-20(19)23/h1-4,7,9-11,23-24,26H,5-6,8,12-18H2. The Balaban J connectivity index is 1.34. The minimum Gasteiger partial charge on any atom is -0.379 e. The van der Waals surface area contributed by atoms with Crippen molar-refractivity contribution in [2.45, 2.75) is 37.9 Å². The van der Waals surface area contributed by atoms with Crippen molar-refractivity contribution in [1.29, 1.82) is 0 Å². The molecule has 0 aromatic heterocycles. The van der Waals surface area contributed by atoms with E-state index in [1.165, 1.54) is 11.1 Å². The fourth-order valence-electron chi connectivity index (χ4n) is 5.25. The molecule has 5 rings (SSSR count). The number of nitrogens with zero attached hydrogens (tertiary/aromatic N) is 2. The maximum Gasteiger partial charge on any atom is 0.256 e. The van der Waals surface area contributed by atoms with Crippen LogP contribution in [0.3, 0.4) is 0 Å². The third-order valence-electron chi connectivity index (χ3n) is 6.76. The number of morpholine rings is 1. The predicted octanol–water partition coefficient (Wildman–Crippen LogP) is 3.53. The molecule has 0 radical (unpaired) electrons. The van der Waals surface area contributed by atoms with Crippen LogP contribution in [0.4, 0.5) is 0 Å². The van der Waals surface area contributed by atoms with E-state index in [2.05, 4.69) is 45.4 Å². The molecule has 2 heterocycles. The number of aryl methyl sites for hydroxylation is 1. The van der Waals surface area contributed by atoms with Crippen LogP contribution in [0.15, 0.2) is 48.5 Å². The normalized spacial score (nSPS) is 24.0. The highest BCUT2D eigenvalue weighted by Gasteiger charge is 2.41. The minimum absolute atomic E-state index is 0.0467. The predicted molar refractivity (Wildman–Crippen MR) is 117 cm³/mol. The van der Waals surface area contributed by atoms with Crippen molar-refractivity contribution in [3.8, 4) is 0 Å². The summed E-state index contributed by atoms with van der Waals surface area (Å²) >= 11 is 0. The van der Waals surface area contributed by atoms with E-state index in [1.807, 2.05) is 18.2 Å². The molecule has 2 aromatic rings. The average molecular weight is 406 g/mol. The third kappa shape index (κ3) is 3.78. The molecule has 0 bridgehead atoms. The summed E-state index contributed by atoms with van der Waals surface area (Å²) in [4.78, 5) is 18.0. The van der Waals surface area contributed by atoms with Crippen LogP contribution in [0.25, 0.3) is 0 Å². The number of ether oxygens (including phenoxy) is 1. The number of rotatable bonds is 6. The van der Waals surface area contributed by atoms with Crippen molar-refractivity contribution in [2.75, 3.05) is 39.4 Å². The van der Waals surface area contributed by atoms with Gasteiger partial charge in [-0.25, -0.2) is 0 Å². The third-order valence-corrected chi connectivity index (χ3v) is 6.76. The number of nitrogens with one attached hydrogen (secondary N) is 1. The number of carbonyl (C=O) groups excluding carboxylic acids is 1. The Morgan fingerprint density at radius 3 is 2.63 bits per heavy atom. The fourth-order valence-corrected chi connectivity index (χ4v) is 5.25. The van der Waals surface area contributed by atoms with Crippen LogP contribution in [0.5, 0.6) is 0 Å². The van der Waals surface area contributed by atoms with Crippen LogP contribution in [0.2, 0.25) is 0 Å². The van der Waals surface area contributed by atoms with E-state index in [-0.39, 0.29) is 18.1 Å². The van der Waals surface area contributed by atoms with Crippen LogP contribution >= 0.6 is 0 Å². The van der Waals surface area contributed by atoms with E-state index < -0.39 is 0 Å². The zero-order valence-electron chi connectivity index (χ0n) is 17.6. The van der Waals surface area contributed by atoms with Gasteiger partial charge in [0.15, 0.2) is 0 Å². The summed E-state index contributed by atoms with van der Waals surface area (Å²) in [6.45, 7) is 5.70. The number of amides is 1. The van der Waals surface area contributed by atoms with Gasteiger partial charge in [0, 0.05) is 24.2 Å². The van der Waals surface area contributed by atoms with Crippen molar-refractivity contribution in [2.24, 2.45) is 0 Å². The van der Waals surface area contributed by atoms with Gasteiger partial charge in [0.05, 0.1) is 19.3 Å². The number of fused-ring (bicyclic) bond motifs is 2. The Labute approximate surface area is 179 Å². The van der Waals surface area contributed by atoms with Crippen molar-refractivity contribution in [3.63, 3.8) is 0 Å². The van der Waals surface area contributed by atoms with Gasteiger partial charge < -0.3 is 9.64 Å². The summed E-state index contributed by atoms with van der Waals surface area (Å²) < 4.78 is 5.45. The Morgan fingerprint density at radius 2 is 1.77 bits per heavy atom. The summed E-state index contributed by atoms with van der Waals surface area (Å²) in [6, 6.07) is 16.9. The second kappa shape index (κ2) is 8.88. The van der Waals surface area contributed by atoms with Crippen molar-refractivity contribution >= 4 is 5.91 Å². The quantitative estimate of drug-likeness (QED) is 0.747. The van der Waals surface area contributed by atoms with Crippen LogP contribution in [0.1, 0.15) is 58.5 Å². The van der Waals surface area contributed by atoms with Crippen molar-refractivity contribution in [3.05, 3.63) is 70.8 Å². The van der Waals surface area contributed by atoms with Gasteiger partial charge in [-0.2, -0.15) is 0 Å². The molecule has 5 heteroatoms. The molecule has 1 amide bonds. The van der Waals surface area contributed by atoms with Crippen LogP contribution < -0.4 is 5.32 Å². The molecule has 2 aliphatic heterocycles. The molecule has 1 fully saturated rings. The van der Waals surface area contributed by atoms with Gasteiger partial charge >= 0.3 is 0 Å². The van der Waals surface area contributed by atoms with E-state index in [1.54, 1.807) is 0 Å². The molecule has 5 nitrogen and oxygen atoms in total. The number of carbonyl (C=O) groups is 1. The van der Waals surface area contributed by atoms with Gasteiger partial charge in [-0.3, -0.25) is 15.0 Å². The molecular formula is C25H31N3O2. The summed E-state index contributed by atoms with van der Waals surface area (Å²) in [7, 11) is 0. The van der Waals surface area contributed by atoms with Gasteiger partial charge in [-0.05, 0) is 56.0 Å². The SMILES string of the molecule is O=C1c2ccccc2C(NCCCN2CCOCC2)N1C1CCCc2ccccc21. The smallest absolute Gasteiger partial charge is 0.256 e. The zero-order chi connectivity index (χ0) is 20.3. The number of benzene rings is 2. The molecule has 30 heavy (non-hydrogen) atoms. The molecule has 2 unspecified atom stereocenters. The maximum absolute atomic E-state index is 13.5. The van der Waals surface area contributed by atoms with Gasteiger partial charge in [-0.15, -0.1) is 0 Å². The average Bonchev–Trinajstić information content (AvgIpc) is 3.09. The van der Waals surface area contributed by atoms with E-state index in [0.717, 1.165) is 76.2 Å². The first-order valence-corrected chi connectivity index (χ1v) is 11.4. The summed E-state index contributed by atoms with van der Waals surface area (Å²) in [5.74, 6) is 0.165. The van der Waals surface area contributed by atoms with Gasteiger partial charge in [0.2, 0.25) is 0 Å². The fraction of sp³-hybridized carbons (Fsp3) is 0.480. The lowest BCUT2D eigenvalue weighted by Gasteiger charge is -2.37. The monoisotopic (exact) mass is 405 g/mol. The van der Waals surface area contributed by atoms with Gasteiger partial charge in [-0.1, -0.05) is 42.5 Å². The molecule has 1 N–H and O–H groups in total. The Morgan fingerprint density at radius 1 is 1.00 bits per heavy atom. The van der Waals surface area contributed by atoms with Crippen molar-refractivity contribution < 1.29 is 9.53 Å². The lowest BCUT2D eigenvalue weighted by molar-refractivity contribution is 0.0365. The maximum atomic E-state index is 13.5. The highest BCUT2D eigenvalue weighted by atomic mass is 16.5. The summed E-state index contributed by atoms with van der Waals surface area (Å²) in [5, 5.41) is 3.73. The number of hydrogen-bond donors (Lipinski definition) is 1. The molecule has 1 aliphatic carbocycles. The van der Waals surface area contributed by atoms with E-state index in [4.69, 9.17) is 4.74 Å². The first-order chi connectivity index (χ1) is 14.8. The highest BCUT2D eigenvalue weighted by Crippen LogP contribution is 2.43. The van der Waals surface area contributed by atoms with Crippen molar-refractivity contribution in [1.82, 2.24) is 15.1 Å². The first kappa shape index (κ1) is 19.7. The molecule has 158 valence electrons. The molecule has 1 saturated heterocycles. The Hall–Kier alpha value is -2.21. The van der Waals surface area contributed by atoms with Crippen LogP contribution in [-0.4, -0.2) is 55.1 Å². The largest absolute Gasteiger partial charge is 0.379 e. The molecule has 2 atom stereocenters. The first-order valence-electron chi connectivity index (χ1n) is 11.4. The lowest BCUT2D eigenvalue weighted by Crippen LogP contribution is -2.42. The Bertz CT molecular complexity index is 893. The topological polar surface area (TPSA) is 44.8 Å². The second-order valence-corrected chi connectivity index (χ2v) is 8.57. The molecule has 2 aromatic carbocycles. The molecule has 3 aliphatic rings. The Kier molecular flexibility index (Phi) is 5.84. The summed E-state index contributed by atoms with van der Waals surface area (Å²) in [6.07, 6.45) is 4.30. The molecule has 0 spiro atoms. The molecular weight excluding hydrogens is 374 g/mol. The van der Waals surface area contributed by atoms with Crippen LogP contribution in [-0.2, 0) is 11.2 Å². The van der Waals surface area contributed by atoms with E-state index in [9.17, 15) is 4.79 Å². The van der Waals surface area contributed by atoms with Gasteiger partial charge in [0.25, 0.3) is 5.91 Å². The highest BCUT2D eigenvalue weighted by molar-refractivity contribution is 5.99. The van der Waals surface area contributed by atoms with Gasteiger partial charge in [0.1, 0.15) is 6.17 Å². The summed E-state index contributed by atoms with van der Waals surface area (Å²) in [5.41, 5.74) is 4.69. The minimum atomic E-state index is -0.0467.